The topological polar surface area (TPSA) is 105 Å². The SMILES string of the molecule is CC.CCCCCCCCC(=O)NC(CC(C)C)C(=O)NC(C)(CCC(=O)N(C)C)C(=O)OC.CCSC. The van der Waals surface area contributed by atoms with Crippen LogP contribution >= 0.6 is 11.8 Å². The summed E-state index contributed by atoms with van der Waals surface area (Å²) in [6.45, 7) is 13.8. The largest absolute Gasteiger partial charge is 0.467 e. The van der Waals surface area contributed by atoms with Crippen LogP contribution in [0.3, 0.4) is 0 Å². The van der Waals surface area contributed by atoms with E-state index in [1.165, 1.54) is 37.0 Å². The van der Waals surface area contributed by atoms with Crippen molar-refractivity contribution in [3.8, 4) is 0 Å². The molecule has 0 fully saturated rings. The van der Waals surface area contributed by atoms with Crippen LogP contribution in [-0.2, 0) is 23.9 Å². The van der Waals surface area contributed by atoms with Gasteiger partial charge >= 0.3 is 5.97 Å². The maximum absolute atomic E-state index is 13.0. The van der Waals surface area contributed by atoms with E-state index in [9.17, 15) is 19.2 Å². The molecule has 8 nitrogen and oxygen atoms in total. The van der Waals surface area contributed by atoms with Crippen LogP contribution in [0.15, 0.2) is 0 Å². The van der Waals surface area contributed by atoms with Crippen LogP contribution in [-0.4, -0.2) is 73.4 Å². The number of nitrogens with one attached hydrogen (secondary N) is 2. The monoisotopic (exact) mass is 561 g/mol. The normalized spacial score (nSPS) is 12.5. The molecule has 0 bridgehead atoms. The minimum Gasteiger partial charge on any atom is -0.467 e. The van der Waals surface area contributed by atoms with E-state index in [0.717, 1.165) is 19.3 Å². The molecule has 38 heavy (non-hydrogen) atoms. The van der Waals surface area contributed by atoms with Gasteiger partial charge in [0.1, 0.15) is 11.6 Å². The number of carbonyl (C=O) groups is 4. The zero-order valence-corrected chi connectivity index (χ0v) is 27.1. The van der Waals surface area contributed by atoms with Crippen LogP contribution in [0.2, 0.25) is 0 Å². The second-order valence-corrected chi connectivity index (χ2v) is 11.1. The Hall–Kier alpha value is -1.77. The molecule has 0 spiro atoms. The molecular weight excluding hydrogens is 502 g/mol. The molecule has 0 saturated heterocycles. The van der Waals surface area contributed by atoms with Crippen molar-refractivity contribution in [2.45, 2.75) is 124 Å². The molecule has 0 heterocycles. The first-order valence-electron chi connectivity index (χ1n) is 14.3. The fraction of sp³-hybridized carbons (Fsp3) is 0.862. The van der Waals surface area contributed by atoms with Crippen LogP contribution in [0.5, 0.6) is 0 Å². The molecule has 9 heteroatoms. The van der Waals surface area contributed by atoms with Gasteiger partial charge in [-0.05, 0) is 44.1 Å². The summed E-state index contributed by atoms with van der Waals surface area (Å²) < 4.78 is 4.88. The third-order valence-corrected chi connectivity index (χ3v) is 6.35. The molecule has 0 aliphatic rings. The highest BCUT2D eigenvalue weighted by molar-refractivity contribution is 7.98. The summed E-state index contributed by atoms with van der Waals surface area (Å²) in [4.78, 5) is 51.3. The van der Waals surface area contributed by atoms with E-state index in [4.69, 9.17) is 4.74 Å². The molecule has 0 rings (SSSR count). The van der Waals surface area contributed by atoms with E-state index >= 15 is 0 Å². The standard InChI is InChI=1S/C24H45N3O5.C3H8S.C2H6/c1-8-9-10-11-12-13-14-20(28)25-19(17-18(2)3)22(30)26-24(4,23(31)32-7)16-15-21(29)27(5)6;1-3-4-2;1-2/h18-19H,8-17H2,1-7H3,(H,25,28)(H,26,30);3H2,1-2H3;1-2H3. The van der Waals surface area contributed by atoms with Crippen LogP contribution in [0.4, 0.5) is 0 Å². The molecule has 0 aromatic heterocycles. The highest BCUT2D eigenvalue weighted by Crippen LogP contribution is 2.17. The summed E-state index contributed by atoms with van der Waals surface area (Å²) in [7, 11) is 4.51. The molecule has 0 aromatic rings. The van der Waals surface area contributed by atoms with Crippen molar-refractivity contribution in [2.24, 2.45) is 5.92 Å². The van der Waals surface area contributed by atoms with Gasteiger partial charge in [-0.2, -0.15) is 11.8 Å². The zero-order chi connectivity index (χ0) is 30.1. The van der Waals surface area contributed by atoms with Gasteiger partial charge in [-0.1, -0.05) is 73.6 Å². The molecule has 226 valence electrons. The molecule has 3 amide bonds. The highest BCUT2D eigenvalue weighted by atomic mass is 32.2. The number of amides is 3. The maximum atomic E-state index is 13.0. The number of hydrogen-bond donors (Lipinski definition) is 2. The molecule has 0 aliphatic heterocycles. The third kappa shape index (κ3) is 21.2. The van der Waals surface area contributed by atoms with Gasteiger partial charge in [0.15, 0.2) is 0 Å². The van der Waals surface area contributed by atoms with E-state index in [1.807, 2.05) is 39.5 Å². The van der Waals surface area contributed by atoms with Gasteiger partial charge in [-0.15, -0.1) is 0 Å². The Kier molecular flexibility index (Phi) is 27.3. The Labute approximate surface area is 238 Å². The molecule has 0 saturated carbocycles. The van der Waals surface area contributed by atoms with E-state index < -0.39 is 23.5 Å². The highest BCUT2D eigenvalue weighted by Gasteiger charge is 2.38. The second kappa shape index (κ2) is 25.5. The van der Waals surface area contributed by atoms with Gasteiger partial charge in [0.25, 0.3) is 0 Å². The van der Waals surface area contributed by atoms with E-state index in [0.29, 0.717) is 12.8 Å². The Bertz CT molecular complexity index is 642. The van der Waals surface area contributed by atoms with Gasteiger partial charge in [-0.25, -0.2) is 4.79 Å². The lowest BCUT2D eigenvalue weighted by molar-refractivity contribution is -0.151. The smallest absolute Gasteiger partial charge is 0.331 e. The summed E-state index contributed by atoms with van der Waals surface area (Å²) >= 11 is 1.86. The second-order valence-electron chi connectivity index (χ2n) is 9.95. The number of unbranched alkanes of at least 4 members (excludes halogenated alkanes) is 5. The number of carbonyl (C=O) groups excluding carboxylic acids is 4. The molecule has 2 N–H and O–H groups in total. The quantitative estimate of drug-likeness (QED) is 0.177. The number of hydrogen-bond acceptors (Lipinski definition) is 6. The third-order valence-electron chi connectivity index (χ3n) is 5.78. The minimum atomic E-state index is -1.36. The van der Waals surface area contributed by atoms with Gasteiger partial charge in [-0.3, -0.25) is 14.4 Å². The van der Waals surface area contributed by atoms with Gasteiger partial charge in [0, 0.05) is 26.9 Å². The Morgan fingerprint density at radius 2 is 1.47 bits per heavy atom. The van der Waals surface area contributed by atoms with E-state index in [2.05, 4.69) is 30.7 Å². The number of methoxy groups -OCH3 is 1. The van der Waals surface area contributed by atoms with Crippen molar-refractivity contribution in [3.05, 3.63) is 0 Å². The van der Waals surface area contributed by atoms with Crippen molar-refractivity contribution in [1.82, 2.24) is 15.5 Å². The summed E-state index contributed by atoms with van der Waals surface area (Å²) in [6, 6.07) is -0.754. The first-order valence-corrected chi connectivity index (χ1v) is 15.7. The van der Waals surface area contributed by atoms with Gasteiger partial charge in [0.05, 0.1) is 7.11 Å². The lowest BCUT2D eigenvalue weighted by Crippen LogP contribution is -2.58. The first-order chi connectivity index (χ1) is 17.9. The summed E-state index contributed by atoms with van der Waals surface area (Å²) in [6.07, 6.45) is 9.57. The maximum Gasteiger partial charge on any atom is 0.331 e. The van der Waals surface area contributed by atoms with Crippen LogP contribution in [0.25, 0.3) is 0 Å². The average Bonchev–Trinajstić information content (AvgIpc) is 2.89. The zero-order valence-electron chi connectivity index (χ0n) is 26.3. The van der Waals surface area contributed by atoms with Crippen molar-refractivity contribution in [3.63, 3.8) is 0 Å². The number of nitrogens with zero attached hydrogens (tertiary/aromatic N) is 1. The van der Waals surface area contributed by atoms with Crippen molar-refractivity contribution in [1.29, 1.82) is 0 Å². The number of rotatable bonds is 17. The fourth-order valence-corrected chi connectivity index (χ4v) is 3.42. The lowest BCUT2D eigenvalue weighted by Gasteiger charge is -2.31. The molecule has 0 radical (unpaired) electrons. The summed E-state index contributed by atoms with van der Waals surface area (Å²) in [5, 5.41) is 5.58. The van der Waals surface area contributed by atoms with Gasteiger partial charge in [0.2, 0.25) is 17.7 Å². The predicted molar refractivity (Wildman–Crippen MR) is 161 cm³/mol. The lowest BCUT2D eigenvalue weighted by atomic mass is 9.93. The van der Waals surface area contributed by atoms with Crippen LogP contribution in [0.1, 0.15) is 113 Å². The molecule has 2 atom stereocenters. The predicted octanol–water partition coefficient (Wildman–Crippen LogP) is 5.58. The Morgan fingerprint density at radius 1 is 0.947 bits per heavy atom. The molecule has 2 unspecified atom stereocenters. The minimum absolute atomic E-state index is 0.0815. The van der Waals surface area contributed by atoms with E-state index in [-0.39, 0.29) is 30.6 Å². The summed E-state index contributed by atoms with van der Waals surface area (Å²) in [5.41, 5.74) is -1.36. The van der Waals surface area contributed by atoms with Crippen molar-refractivity contribution < 1.29 is 23.9 Å². The molecule has 0 aliphatic carbocycles. The summed E-state index contributed by atoms with van der Waals surface area (Å²) in [5.74, 6) is 0.0169. The van der Waals surface area contributed by atoms with Crippen LogP contribution < -0.4 is 10.6 Å². The van der Waals surface area contributed by atoms with Gasteiger partial charge < -0.3 is 20.3 Å². The number of esters is 1. The van der Waals surface area contributed by atoms with Crippen LogP contribution in [0, 0.1) is 5.92 Å². The number of thioether (sulfide) groups is 1. The van der Waals surface area contributed by atoms with E-state index in [1.54, 1.807) is 21.0 Å². The number of ether oxygens (including phenoxy) is 1. The van der Waals surface area contributed by atoms with Crippen molar-refractivity contribution in [2.75, 3.05) is 33.2 Å². The fourth-order valence-electron chi connectivity index (χ4n) is 3.42. The average molecular weight is 562 g/mol. The molecule has 0 aromatic carbocycles. The Balaban J connectivity index is -0.00000185. The molecular formula is C29H59N3O5S. The van der Waals surface area contributed by atoms with Crippen molar-refractivity contribution >= 4 is 35.5 Å². The Morgan fingerprint density at radius 3 is 1.92 bits per heavy atom. The first kappa shape index (κ1) is 40.7.